The van der Waals surface area contributed by atoms with Crippen molar-refractivity contribution in [1.82, 2.24) is 20.4 Å². The summed E-state index contributed by atoms with van der Waals surface area (Å²) in [6.07, 6.45) is 1.21. The number of rotatable bonds is 5. The van der Waals surface area contributed by atoms with Gasteiger partial charge in [-0.3, -0.25) is 9.69 Å². The third kappa shape index (κ3) is 7.88. The van der Waals surface area contributed by atoms with Gasteiger partial charge < -0.3 is 25.0 Å². The number of nitrogens with one attached hydrogen (secondary N) is 2. The number of ether oxygens (including phenoxy) is 2. The quantitative estimate of drug-likeness (QED) is 0.730. The van der Waals surface area contributed by atoms with Crippen LogP contribution in [0.4, 0.5) is 4.79 Å². The number of piperazine rings is 1. The summed E-state index contributed by atoms with van der Waals surface area (Å²) in [4.78, 5) is 28.3. The Morgan fingerprint density at radius 2 is 1.85 bits per heavy atom. The van der Waals surface area contributed by atoms with E-state index in [-0.39, 0.29) is 18.1 Å². The van der Waals surface area contributed by atoms with Crippen LogP contribution in [0.5, 0.6) is 0 Å². The van der Waals surface area contributed by atoms with Crippen molar-refractivity contribution < 1.29 is 19.1 Å². The first kappa shape index (κ1) is 20.9. The standard InChI is InChI=1S/C18H34N4O4/c1-18(2,3)26-17(24)20-14-5-6-15(25-13-14)11-19-16(23)12-22-9-7-21(4)8-10-22/h14-15H,5-13H2,1-4H3,(H,19,23)(H,20,24)/t14-,15+/m1/s1. The van der Waals surface area contributed by atoms with Crippen molar-refractivity contribution in [3.05, 3.63) is 0 Å². The van der Waals surface area contributed by atoms with Crippen LogP contribution in [0.1, 0.15) is 33.6 Å². The molecule has 2 rings (SSSR count). The van der Waals surface area contributed by atoms with Crippen LogP contribution in [-0.2, 0) is 14.3 Å². The van der Waals surface area contributed by atoms with E-state index in [0.29, 0.717) is 19.7 Å². The summed E-state index contributed by atoms with van der Waals surface area (Å²) < 4.78 is 11.0. The molecule has 0 unspecified atom stereocenters. The molecule has 0 aromatic carbocycles. The Balaban J connectivity index is 1.58. The Morgan fingerprint density at radius 1 is 1.15 bits per heavy atom. The van der Waals surface area contributed by atoms with Crippen molar-refractivity contribution in [2.45, 2.75) is 51.4 Å². The van der Waals surface area contributed by atoms with Gasteiger partial charge in [-0.15, -0.1) is 0 Å². The number of hydrogen-bond donors (Lipinski definition) is 2. The van der Waals surface area contributed by atoms with E-state index in [1.807, 2.05) is 20.8 Å². The van der Waals surface area contributed by atoms with Gasteiger partial charge in [0.25, 0.3) is 0 Å². The molecule has 0 aromatic heterocycles. The third-order valence-electron chi connectivity index (χ3n) is 4.58. The normalized spacial score (nSPS) is 25.5. The highest BCUT2D eigenvalue weighted by atomic mass is 16.6. The zero-order chi connectivity index (χ0) is 19.2. The molecule has 150 valence electrons. The predicted octanol–water partition coefficient (Wildman–Crippen LogP) is 0.422. The van der Waals surface area contributed by atoms with E-state index in [1.165, 1.54) is 0 Å². The first-order valence-electron chi connectivity index (χ1n) is 9.50. The van der Waals surface area contributed by atoms with Gasteiger partial charge >= 0.3 is 6.09 Å². The fraction of sp³-hybridized carbons (Fsp3) is 0.889. The van der Waals surface area contributed by atoms with Crippen molar-refractivity contribution in [3.8, 4) is 0 Å². The smallest absolute Gasteiger partial charge is 0.407 e. The Labute approximate surface area is 156 Å². The molecule has 0 aliphatic carbocycles. The minimum atomic E-state index is -0.504. The molecule has 0 spiro atoms. The summed E-state index contributed by atoms with van der Waals surface area (Å²) in [6, 6.07) is -0.0397. The Hall–Kier alpha value is -1.38. The topological polar surface area (TPSA) is 83.1 Å². The molecule has 2 N–H and O–H groups in total. The van der Waals surface area contributed by atoms with Crippen LogP contribution in [0.15, 0.2) is 0 Å². The minimum absolute atomic E-state index is 0.00289. The molecule has 2 saturated heterocycles. The average Bonchev–Trinajstić information content (AvgIpc) is 2.54. The fourth-order valence-electron chi connectivity index (χ4n) is 3.05. The molecule has 0 saturated carbocycles. The maximum Gasteiger partial charge on any atom is 0.407 e. The first-order valence-corrected chi connectivity index (χ1v) is 9.50. The second-order valence-electron chi connectivity index (χ2n) is 8.26. The van der Waals surface area contributed by atoms with Crippen molar-refractivity contribution in [2.75, 3.05) is 52.9 Å². The molecule has 26 heavy (non-hydrogen) atoms. The highest BCUT2D eigenvalue weighted by molar-refractivity contribution is 5.78. The van der Waals surface area contributed by atoms with Crippen molar-refractivity contribution in [2.24, 2.45) is 0 Å². The average molecular weight is 370 g/mol. The molecule has 2 aliphatic rings. The van der Waals surface area contributed by atoms with Gasteiger partial charge in [-0.1, -0.05) is 0 Å². The van der Waals surface area contributed by atoms with Gasteiger partial charge in [0.05, 0.1) is 25.3 Å². The molecule has 2 amide bonds. The van der Waals surface area contributed by atoms with E-state index >= 15 is 0 Å². The summed E-state index contributed by atoms with van der Waals surface area (Å²) in [6.45, 7) is 10.8. The highest BCUT2D eigenvalue weighted by Gasteiger charge is 2.25. The zero-order valence-corrected chi connectivity index (χ0v) is 16.5. The lowest BCUT2D eigenvalue weighted by atomic mass is 10.1. The molecule has 0 radical (unpaired) electrons. The second-order valence-corrected chi connectivity index (χ2v) is 8.26. The van der Waals surface area contributed by atoms with E-state index in [0.717, 1.165) is 39.0 Å². The minimum Gasteiger partial charge on any atom is -0.444 e. The van der Waals surface area contributed by atoms with Gasteiger partial charge in [-0.05, 0) is 40.7 Å². The van der Waals surface area contributed by atoms with Gasteiger partial charge in [0, 0.05) is 32.7 Å². The summed E-state index contributed by atoms with van der Waals surface area (Å²) in [5.41, 5.74) is -0.504. The monoisotopic (exact) mass is 370 g/mol. The highest BCUT2D eigenvalue weighted by Crippen LogP contribution is 2.14. The summed E-state index contributed by atoms with van der Waals surface area (Å²) >= 11 is 0. The Morgan fingerprint density at radius 3 is 2.42 bits per heavy atom. The van der Waals surface area contributed by atoms with Gasteiger partial charge in [0.2, 0.25) is 5.91 Å². The molecule has 0 aromatic rings. The van der Waals surface area contributed by atoms with Crippen LogP contribution >= 0.6 is 0 Å². The maximum atomic E-state index is 12.1. The van der Waals surface area contributed by atoms with Crippen LogP contribution in [0, 0.1) is 0 Å². The fourth-order valence-corrected chi connectivity index (χ4v) is 3.05. The van der Waals surface area contributed by atoms with E-state index < -0.39 is 11.7 Å². The van der Waals surface area contributed by atoms with E-state index in [1.54, 1.807) is 0 Å². The molecule has 8 heteroatoms. The van der Waals surface area contributed by atoms with Crippen LogP contribution in [-0.4, -0.2) is 92.5 Å². The summed E-state index contributed by atoms with van der Waals surface area (Å²) in [5.74, 6) is 0.0483. The Kier molecular flexibility index (Phi) is 7.67. The molecular weight excluding hydrogens is 336 g/mol. The predicted molar refractivity (Wildman–Crippen MR) is 99.1 cm³/mol. The van der Waals surface area contributed by atoms with Gasteiger partial charge in [-0.25, -0.2) is 4.79 Å². The SMILES string of the molecule is CN1CCN(CC(=O)NC[C@@H]2CC[C@@H](NC(=O)OC(C)(C)C)CO2)CC1. The lowest BCUT2D eigenvalue weighted by Crippen LogP contribution is -2.50. The maximum absolute atomic E-state index is 12.1. The summed E-state index contributed by atoms with van der Waals surface area (Å²) in [5, 5.41) is 5.80. The lowest BCUT2D eigenvalue weighted by Gasteiger charge is -2.32. The van der Waals surface area contributed by atoms with Gasteiger partial charge in [0.15, 0.2) is 0 Å². The molecule has 2 fully saturated rings. The number of carbonyl (C=O) groups is 2. The van der Waals surface area contributed by atoms with Gasteiger partial charge in [0.1, 0.15) is 5.60 Å². The van der Waals surface area contributed by atoms with Crippen LogP contribution in [0.2, 0.25) is 0 Å². The molecule has 0 bridgehead atoms. The van der Waals surface area contributed by atoms with Crippen molar-refractivity contribution >= 4 is 12.0 Å². The van der Waals surface area contributed by atoms with E-state index in [2.05, 4.69) is 27.5 Å². The van der Waals surface area contributed by atoms with E-state index in [9.17, 15) is 9.59 Å². The number of amides is 2. The summed E-state index contributed by atoms with van der Waals surface area (Å²) in [7, 11) is 2.10. The van der Waals surface area contributed by atoms with Gasteiger partial charge in [-0.2, -0.15) is 0 Å². The van der Waals surface area contributed by atoms with Crippen LogP contribution in [0.25, 0.3) is 0 Å². The number of carbonyl (C=O) groups excluding carboxylic acids is 2. The number of nitrogens with zero attached hydrogens (tertiary/aromatic N) is 2. The first-order chi connectivity index (χ1) is 12.2. The van der Waals surface area contributed by atoms with Crippen molar-refractivity contribution in [1.29, 1.82) is 0 Å². The van der Waals surface area contributed by atoms with Crippen molar-refractivity contribution in [3.63, 3.8) is 0 Å². The van der Waals surface area contributed by atoms with E-state index in [4.69, 9.17) is 9.47 Å². The molecule has 2 atom stereocenters. The zero-order valence-electron chi connectivity index (χ0n) is 16.5. The number of likely N-dealkylation sites (N-methyl/N-ethyl adjacent to an activating group) is 1. The van der Waals surface area contributed by atoms with Crippen LogP contribution in [0.3, 0.4) is 0 Å². The Bertz CT molecular complexity index is 464. The molecular formula is C18H34N4O4. The van der Waals surface area contributed by atoms with Crippen LogP contribution < -0.4 is 10.6 Å². The second kappa shape index (κ2) is 9.53. The lowest BCUT2D eigenvalue weighted by molar-refractivity contribution is -0.123. The molecule has 2 heterocycles. The molecule has 2 aliphatic heterocycles. The largest absolute Gasteiger partial charge is 0.444 e. The third-order valence-corrected chi connectivity index (χ3v) is 4.58. The number of alkyl carbamates (subject to hydrolysis) is 1. The number of hydrogen-bond acceptors (Lipinski definition) is 6. The molecule has 8 nitrogen and oxygen atoms in total.